The van der Waals surface area contributed by atoms with E-state index in [1.54, 1.807) is 63.4 Å². The smallest absolute Gasteiger partial charge is 0.244 e. The lowest BCUT2D eigenvalue weighted by atomic mass is 10.1. The number of nitrogens with zero attached hydrogens (tertiary/aromatic N) is 2. The van der Waals surface area contributed by atoms with Crippen LogP contribution < -0.4 is 14.4 Å². The highest BCUT2D eigenvalue weighted by Gasteiger charge is 2.30. The topological polar surface area (TPSA) is 96.0 Å². The Morgan fingerprint density at radius 3 is 2.28 bits per heavy atom. The van der Waals surface area contributed by atoms with Crippen LogP contribution in [0.1, 0.15) is 19.4 Å². The lowest BCUT2D eigenvalue weighted by Gasteiger charge is -2.31. The number of carbonyl (C=O) groups excluding carboxylic acids is 2. The first kappa shape index (κ1) is 25.5. The lowest BCUT2D eigenvalue weighted by molar-refractivity contribution is -0.139. The standard InChI is InChI=1S/C22H28ClN3O5S/c1-5-24-22(28)16(2)25(14-17-10-12-18(31-3)13-11-17)21(27)15-26(32(4,29)30)20-9-7-6-8-19(20)23/h6-13,16H,5,14-15H2,1-4H3,(H,24,28). The SMILES string of the molecule is CCNC(=O)C(C)N(Cc1ccc(OC)cc1)C(=O)CN(c1ccccc1Cl)S(C)(=O)=O. The Morgan fingerprint density at radius 2 is 1.75 bits per heavy atom. The average molecular weight is 482 g/mol. The molecule has 2 aromatic rings. The third-order valence-corrected chi connectivity index (χ3v) is 6.28. The van der Waals surface area contributed by atoms with E-state index in [4.69, 9.17) is 16.3 Å². The fourth-order valence-electron chi connectivity index (χ4n) is 3.08. The number of amides is 2. The fourth-order valence-corrected chi connectivity index (χ4v) is 4.23. The van der Waals surface area contributed by atoms with Crippen molar-refractivity contribution in [3.05, 3.63) is 59.1 Å². The first-order chi connectivity index (χ1) is 15.1. The molecule has 1 unspecified atom stereocenters. The molecule has 32 heavy (non-hydrogen) atoms. The summed E-state index contributed by atoms with van der Waals surface area (Å²) in [5.41, 5.74) is 0.957. The molecule has 0 aromatic heterocycles. The number of carbonyl (C=O) groups is 2. The van der Waals surface area contributed by atoms with Crippen molar-refractivity contribution in [1.29, 1.82) is 0 Å². The monoisotopic (exact) mass is 481 g/mol. The van der Waals surface area contributed by atoms with E-state index in [9.17, 15) is 18.0 Å². The zero-order chi connectivity index (χ0) is 23.9. The number of anilines is 1. The number of methoxy groups -OCH3 is 1. The van der Waals surface area contributed by atoms with Crippen molar-refractivity contribution < 1.29 is 22.7 Å². The van der Waals surface area contributed by atoms with Crippen molar-refractivity contribution in [3.8, 4) is 5.75 Å². The van der Waals surface area contributed by atoms with E-state index in [0.29, 0.717) is 12.3 Å². The van der Waals surface area contributed by atoms with E-state index in [1.165, 1.54) is 11.0 Å². The predicted molar refractivity (Wildman–Crippen MR) is 125 cm³/mol. The molecule has 2 amide bonds. The summed E-state index contributed by atoms with van der Waals surface area (Å²) in [5, 5.41) is 2.90. The van der Waals surface area contributed by atoms with Gasteiger partial charge in [0.15, 0.2) is 0 Å². The summed E-state index contributed by atoms with van der Waals surface area (Å²) in [5.74, 6) is -0.215. The van der Waals surface area contributed by atoms with Gasteiger partial charge in [-0.05, 0) is 43.7 Å². The van der Waals surface area contributed by atoms with E-state index < -0.39 is 28.5 Å². The largest absolute Gasteiger partial charge is 0.497 e. The molecule has 0 saturated carbocycles. The number of sulfonamides is 1. The third kappa shape index (κ3) is 6.61. The minimum atomic E-state index is -3.82. The van der Waals surface area contributed by atoms with Crippen molar-refractivity contribution in [2.45, 2.75) is 26.4 Å². The van der Waals surface area contributed by atoms with Crippen molar-refractivity contribution >= 4 is 39.1 Å². The van der Waals surface area contributed by atoms with Gasteiger partial charge in [-0.15, -0.1) is 0 Å². The van der Waals surface area contributed by atoms with Crippen molar-refractivity contribution in [3.63, 3.8) is 0 Å². The number of ether oxygens (including phenoxy) is 1. The molecular weight excluding hydrogens is 454 g/mol. The van der Waals surface area contributed by atoms with Gasteiger partial charge >= 0.3 is 0 Å². The van der Waals surface area contributed by atoms with Crippen LogP contribution in [0.5, 0.6) is 5.75 Å². The summed E-state index contributed by atoms with van der Waals surface area (Å²) in [6.07, 6.45) is 1.00. The molecule has 0 aliphatic heterocycles. The van der Waals surface area contributed by atoms with Gasteiger partial charge in [-0.2, -0.15) is 0 Å². The van der Waals surface area contributed by atoms with Crippen molar-refractivity contribution in [1.82, 2.24) is 10.2 Å². The second-order valence-electron chi connectivity index (χ2n) is 7.16. The molecule has 1 atom stereocenters. The minimum Gasteiger partial charge on any atom is -0.497 e. The van der Waals surface area contributed by atoms with Gasteiger partial charge in [-0.3, -0.25) is 13.9 Å². The van der Waals surface area contributed by atoms with Gasteiger partial charge < -0.3 is 15.0 Å². The Balaban J connectivity index is 2.38. The van der Waals surface area contributed by atoms with Crippen LogP contribution in [-0.4, -0.2) is 57.6 Å². The maximum Gasteiger partial charge on any atom is 0.244 e. The first-order valence-electron chi connectivity index (χ1n) is 10.0. The van der Waals surface area contributed by atoms with Gasteiger partial charge in [-0.1, -0.05) is 35.9 Å². The molecule has 0 aliphatic rings. The zero-order valence-electron chi connectivity index (χ0n) is 18.5. The fraction of sp³-hybridized carbons (Fsp3) is 0.364. The predicted octanol–water partition coefficient (Wildman–Crippen LogP) is 2.67. The number of benzene rings is 2. The number of para-hydroxylation sites is 1. The Labute approximate surface area is 194 Å². The maximum absolute atomic E-state index is 13.3. The number of hydrogen-bond donors (Lipinski definition) is 1. The van der Waals surface area contributed by atoms with Gasteiger partial charge in [0.1, 0.15) is 18.3 Å². The first-order valence-corrected chi connectivity index (χ1v) is 12.2. The zero-order valence-corrected chi connectivity index (χ0v) is 20.1. The summed E-state index contributed by atoms with van der Waals surface area (Å²) in [4.78, 5) is 27.2. The molecule has 0 radical (unpaired) electrons. The molecule has 0 aliphatic carbocycles. The number of likely N-dealkylation sites (N-methyl/N-ethyl adjacent to an activating group) is 1. The number of hydrogen-bond acceptors (Lipinski definition) is 5. The molecule has 174 valence electrons. The Morgan fingerprint density at radius 1 is 1.12 bits per heavy atom. The van der Waals surface area contributed by atoms with Crippen molar-refractivity contribution in [2.24, 2.45) is 0 Å². The highest BCUT2D eigenvalue weighted by atomic mass is 35.5. The van der Waals surface area contributed by atoms with Crippen LogP contribution in [0.25, 0.3) is 0 Å². The normalized spacial score (nSPS) is 12.0. The molecule has 2 aromatic carbocycles. The van der Waals surface area contributed by atoms with E-state index in [1.807, 2.05) is 0 Å². The van der Waals surface area contributed by atoms with Gasteiger partial charge in [0.2, 0.25) is 21.8 Å². The average Bonchev–Trinajstić information content (AvgIpc) is 2.75. The molecule has 0 saturated heterocycles. The van der Waals surface area contributed by atoms with Crippen LogP contribution in [0.3, 0.4) is 0 Å². The van der Waals surface area contributed by atoms with E-state index in [-0.39, 0.29) is 23.2 Å². The van der Waals surface area contributed by atoms with Gasteiger partial charge in [0, 0.05) is 13.1 Å². The van der Waals surface area contributed by atoms with Crippen molar-refractivity contribution in [2.75, 3.05) is 30.8 Å². The Kier molecular flexibility index (Phi) is 8.91. The molecule has 0 bridgehead atoms. The van der Waals surface area contributed by atoms with E-state index >= 15 is 0 Å². The van der Waals surface area contributed by atoms with Gasteiger partial charge in [-0.25, -0.2) is 8.42 Å². The second-order valence-corrected chi connectivity index (χ2v) is 9.48. The van der Waals surface area contributed by atoms with Crippen LogP contribution >= 0.6 is 11.6 Å². The maximum atomic E-state index is 13.3. The number of rotatable bonds is 10. The third-order valence-electron chi connectivity index (χ3n) is 4.83. The van der Waals surface area contributed by atoms with E-state index in [2.05, 4.69) is 5.32 Å². The highest BCUT2D eigenvalue weighted by molar-refractivity contribution is 7.92. The lowest BCUT2D eigenvalue weighted by Crippen LogP contribution is -2.51. The molecule has 1 N–H and O–H groups in total. The highest BCUT2D eigenvalue weighted by Crippen LogP contribution is 2.27. The summed E-state index contributed by atoms with van der Waals surface area (Å²) in [7, 11) is -2.27. The summed E-state index contributed by atoms with van der Waals surface area (Å²) >= 11 is 6.19. The molecule has 0 fully saturated rings. The van der Waals surface area contributed by atoms with Gasteiger partial charge in [0.25, 0.3) is 0 Å². The summed E-state index contributed by atoms with van der Waals surface area (Å²) < 4.78 is 31.1. The quantitative estimate of drug-likeness (QED) is 0.562. The summed E-state index contributed by atoms with van der Waals surface area (Å²) in [6, 6.07) is 12.6. The van der Waals surface area contributed by atoms with Crippen LogP contribution in [0.4, 0.5) is 5.69 Å². The van der Waals surface area contributed by atoms with Crippen LogP contribution in [0, 0.1) is 0 Å². The second kappa shape index (κ2) is 11.2. The number of nitrogens with one attached hydrogen (secondary N) is 1. The Hall–Kier alpha value is -2.78. The molecule has 2 rings (SSSR count). The molecule has 0 heterocycles. The molecular formula is C22H28ClN3O5S. The van der Waals surface area contributed by atoms with E-state index in [0.717, 1.165) is 16.1 Å². The van der Waals surface area contributed by atoms with Crippen LogP contribution in [0.15, 0.2) is 48.5 Å². The molecule has 8 nitrogen and oxygen atoms in total. The van der Waals surface area contributed by atoms with Crippen LogP contribution in [0.2, 0.25) is 5.02 Å². The summed E-state index contributed by atoms with van der Waals surface area (Å²) in [6.45, 7) is 3.41. The molecule has 10 heteroatoms. The minimum absolute atomic E-state index is 0.112. The molecule has 0 spiro atoms. The van der Waals surface area contributed by atoms with Gasteiger partial charge in [0.05, 0.1) is 24.1 Å². The van der Waals surface area contributed by atoms with Crippen LogP contribution in [-0.2, 0) is 26.2 Å². The number of halogens is 1. The Bertz CT molecular complexity index is 1040.